The van der Waals surface area contributed by atoms with Gasteiger partial charge in [-0.1, -0.05) is 12.1 Å². The number of halogens is 1. The maximum Gasteiger partial charge on any atom is 0.222 e. The summed E-state index contributed by atoms with van der Waals surface area (Å²) in [6, 6.07) is 9.93. The van der Waals surface area contributed by atoms with Crippen molar-refractivity contribution in [3.8, 4) is 5.75 Å². The SMILES string of the molecule is COc1ccc(F)cc1C(C)NC(=O)CCn1ncc2c(C)cccc21. The fraction of sp³-hybridized carbons (Fsp3) is 0.300. The number of hydrogen-bond donors (Lipinski definition) is 1. The van der Waals surface area contributed by atoms with Crippen LogP contribution in [0.2, 0.25) is 0 Å². The Bertz CT molecular complexity index is 936. The molecule has 3 rings (SSSR count). The van der Waals surface area contributed by atoms with E-state index in [2.05, 4.69) is 10.4 Å². The van der Waals surface area contributed by atoms with Gasteiger partial charge in [0, 0.05) is 17.4 Å². The van der Waals surface area contributed by atoms with Crippen LogP contribution in [0.15, 0.2) is 42.6 Å². The molecule has 1 heterocycles. The maximum absolute atomic E-state index is 13.5. The number of aryl methyl sites for hydroxylation is 2. The van der Waals surface area contributed by atoms with E-state index in [9.17, 15) is 9.18 Å². The normalized spacial score (nSPS) is 12.2. The van der Waals surface area contributed by atoms with Crippen LogP contribution < -0.4 is 10.1 Å². The fourth-order valence-electron chi connectivity index (χ4n) is 3.07. The third-order valence-electron chi connectivity index (χ3n) is 4.49. The molecular formula is C20H22FN3O2. The summed E-state index contributed by atoms with van der Waals surface area (Å²) in [5.74, 6) is 0.0631. The predicted molar refractivity (Wildman–Crippen MR) is 98.6 cm³/mol. The van der Waals surface area contributed by atoms with E-state index in [0.29, 0.717) is 17.9 Å². The molecule has 0 bridgehead atoms. The van der Waals surface area contributed by atoms with Crippen LogP contribution in [0.5, 0.6) is 5.75 Å². The molecule has 0 fully saturated rings. The lowest BCUT2D eigenvalue weighted by molar-refractivity contribution is -0.122. The molecule has 26 heavy (non-hydrogen) atoms. The van der Waals surface area contributed by atoms with Crippen molar-refractivity contribution >= 4 is 16.8 Å². The minimum Gasteiger partial charge on any atom is -0.496 e. The summed E-state index contributed by atoms with van der Waals surface area (Å²) >= 11 is 0. The first-order chi connectivity index (χ1) is 12.5. The summed E-state index contributed by atoms with van der Waals surface area (Å²) in [6.45, 7) is 4.32. The Kier molecular flexibility index (Phi) is 5.21. The topological polar surface area (TPSA) is 56.1 Å². The van der Waals surface area contributed by atoms with Crippen molar-refractivity contribution in [1.82, 2.24) is 15.1 Å². The van der Waals surface area contributed by atoms with Gasteiger partial charge in [0.15, 0.2) is 0 Å². The van der Waals surface area contributed by atoms with Gasteiger partial charge in [0.25, 0.3) is 0 Å². The molecule has 0 spiro atoms. The number of nitrogens with one attached hydrogen (secondary N) is 1. The first-order valence-corrected chi connectivity index (χ1v) is 8.53. The number of nitrogens with zero attached hydrogens (tertiary/aromatic N) is 2. The van der Waals surface area contributed by atoms with E-state index in [1.807, 2.05) is 42.9 Å². The summed E-state index contributed by atoms with van der Waals surface area (Å²) in [7, 11) is 1.52. The Morgan fingerprint density at radius 1 is 1.35 bits per heavy atom. The third-order valence-corrected chi connectivity index (χ3v) is 4.49. The number of methoxy groups -OCH3 is 1. The molecule has 5 nitrogen and oxygen atoms in total. The molecule has 3 aromatic rings. The van der Waals surface area contributed by atoms with E-state index >= 15 is 0 Å². The number of benzene rings is 2. The van der Waals surface area contributed by atoms with Crippen LogP contribution in [0.25, 0.3) is 10.9 Å². The van der Waals surface area contributed by atoms with Gasteiger partial charge in [-0.05, 0) is 43.7 Å². The Hall–Kier alpha value is -2.89. The number of rotatable bonds is 6. The monoisotopic (exact) mass is 355 g/mol. The van der Waals surface area contributed by atoms with Gasteiger partial charge in [-0.25, -0.2) is 4.39 Å². The maximum atomic E-state index is 13.5. The largest absolute Gasteiger partial charge is 0.496 e. The first kappa shape index (κ1) is 17.9. The second-order valence-electron chi connectivity index (χ2n) is 6.30. The first-order valence-electron chi connectivity index (χ1n) is 8.53. The lowest BCUT2D eigenvalue weighted by atomic mass is 10.1. The van der Waals surface area contributed by atoms with E-state index in [-0.39, 0.29) is 24.2 Å². The smallest absolute Gasteiger partial charge is 0.222 e. The molecule has 0 saturated carbocycles. The average molecular weight is 355 g/mol. The molecule has 6 heteroatoms. The highest BCUT2D eigenvalue weighted by Gasteiger charge is 2.15. The summed E-state index contributed by atoms with van der Waals surface area (Å²) in [4.78, 5) is 12.3. The Balaban J connectivity index is 1.65. The molecule has 1 aromatic heterocycles. The van der Waals surface area contributed by atoms with Crippen molar-refractivity contribution in [3.63, 3.8) is 0 Å². The fourth-order valence-corrected chi connectivity index (χ4v) is 3.07. The second-order valence-corrected chi connectivity index (χ2v) is 6.30. The molecule has 136 valence electrons. The number of fused-ring (bicyclic) bond motifs is 1. The molecule has 0 aliphatic carbocycles. The summed E-state index contributed by atoms with van der Waals surface area (Å²) in [5.41, 5.74) is 2.78. The van der Waals surface area contributed by atoms with Gasteiger partial charge < -0.3 is 10.1 Å². The third kappa shape index (κ3) is 3.69. The second kappa shape index (κ2) is 7.56. The molecule has 0 aliphatic heterocycles. The summed E-state index contributed by atoms with van der Waals surface area (Å²) in [5, 5.41) is 8.35. The number of aromatic nitrogens is 2. The minimum atomic E-state index is -0.361. The van der Waals surface area contributed by atoms with Crippen LogP contribution >= 0.6 is 0 Å². The summed E-state index contributed by atoms with van der Waals surface area (Å²) in [6.07, 6.45) is 2.11. The van der Waals surface area contributed by atoms with Crippen LogP contribution in [0.4, 0.5) is 4.39 Å². The van der Waals surface area contributed by atoms with Crippen molar-refractivity contribution in [2.24, 2.45) is 0 Å². The zero-order valence-electron chi connectivity index (χ0n) is 15.1. The Morgan fingerprint density at radius 2 is 2.15 bits per heavy atom. The molecule has 1 atom stereocenters. The van der Waals surface area contributed by atoms with Crippen molar-refractivity contribution in [3.05, 3.63) is 59.5 Å². The van der Waals surface area contributed by atoms with Crippen molar-refractivity contribution in [1.29, 1.82) is 0 Å². The quantitative estimate of drug-likeness (QED) is 0.732. The lowest BCUT2D eigenvalue weighted by Crippen LogP contribution is -2.28. The van der Waals surface area contributed by atoms with Crippen LogP contribution in [0, 0.1) is 12.7 Å². The van der Waals surface area contributed by atoms with Crippen LogP contribution in [0.1, 0.15) is 30.5 Å². The Labute approximate surface area is 151 Å². The van der Waals surface area contributed by atoms with Gasteiger partial charge >= 0.3 is 0 Å². The highest BCUT2D eigenvalue weighted by atomic mass is 19.1. The summed E-state index contributed by atoms with van der Waals surface area (Å²) < 4.78 is 20.6. The zero-order chi connectivity index (χ0) is 18.7. The van der Waals surface area contributed by atoms with Gasteiger partial charge in [0.1, 0.15) is 11.6 Å². The van der Waals surface area contributed by atoms with Gasteiger partial charge in [-0.2, -0.15) is 5.10 Å². The zero-order valence-corrected chi connectivity index (χ0v) is 15.1. The predicted octanol–water partition coefficient (Wildman–Crippen LogP) is 3.76. The number of carbonyl (C=O) groups excluding carboxylic acids is 1. The lowest BCUT2D eigenvalue weighted by Gasteiger charge is -2.17. The van der Waals surface area contributed by atoms with Crippen LogP contribution in [0.3, 0.4) is 0 Å². The molecule has 0 radical (unpaired) electrons. The molecular weight excluding hydrogens is 333 g/mol. The van der Waals surface area contributed by atoms with Gasteiger partial charge in [-0.15, -0.1) is 0 Å². The molecule has 1 amide bonds. The molecule has 0 aliphatic rings. The van der Waals surface area contributed by atoms with E-state index in [1.165, 1.54) is 19.2 Å². The highest BCUT2D eigenvalue weighted by molar-refractivity contribution is 5.82. The van der Waals surface area contributed by atoms with Crippen LogP contribution in [-0.2, 0) is 11.3 Å². The van der Waals surface area contributed by atoms with Crippen LogP contribution in [-0.4, -0.2) is 22.8 Å². The van der Waals surface area contributed by atoms with Gasteiger partial charge in [0.2, 0.25) is 5.91 Å². The Morgan fingerprint density at radius 3 is 2.92 bits per heavy atom. The number of carbonyl (C=O) groups is 1. The molecule has 2 aromatic carbocycles. The average Bonchev–Trinajstić information content (AvgIpc) is 3.04. The van der Waals surface area contributed by atoms with E-state index in [4.69, 9.17) is 4.74 Å². The number of amides is 1. The van der Waals surface area contributed by atoms with Crippen molar-refractivity contribution in [2.75, 3.05) is 7.11 Å². The number of ether oxygens (including phenoxy) is 1. The standard InChI is InChI=1S/C20H22FN3O2/c1-13-5-4-6-18-17(13)12-22-24(18)10-9-20(25)23-14(2)16-11-15(21)7-8-19(16)26-3/h4-8,11-12,14H,9-10H2,1-3H3,(H,23,25). The van der Waals surface area contributed by atoms with Crippen molar-refractivity contribution in [2.45, 2.75) is 32.9 Å². The van der Waals surface area contributed by atoms with E-state index in [0.717, 1.165) is 16.5 Å². The van der Waals surface area contributed by atoms with E-state index in [1.54, 1.807) is 6.07 Å². The molecule has 1 N–H and O–H groups in total. The molecule has 1 unspecified atom stereocenters. The minimum absolute atomic E-state index is 0.125. The van der Waals surface area contributed by atoms with Gasteiger partial charge in [-0.3, -0.25) is 9.48 Å². The van der Waals surface area contributed by atoms with Crippen molar-refractivity contribution < 1.29 is 13.9 Å². The highest BCUT2D eigenvalue weighted by Crippen LogP contribution is 2.26. The van der Waals surface area contributed by atoms with E-state index < -0.39 is 0 Å². The van der Waals surface area contributed by atoms with Gasteiger partial charge in [0.05, 0.1) is 31.4 Å². The number of hydrogen-bond acceptors (Lipinski definition) is 3. The molecule has 0 saturated heterocycles.